The maximum absolute atomic E-state index is 12.0. The predicted molar refractivity (Wildman–Crippen MR) is 104 cm³/mol. The number of benzene rings is 1. The lowest BCUT2D eigenvalue weighted by Crippen LogP contribution is -2.48. The molecule has 2 amide bonds. The molecular weight excluding hydrogens is 338 g/mol. The van der Waals surface area contributed by atoms with Crippen molar-refractivity contribution in [3.05, 3.63) is 29.8 Å². The summed E-state index contributed by atoms with van der Waals surface area (Å²) in [7, 11) is 5.55. The van der Waals surface area contributed by atoms with Crippen LogP contribution in [-0.4, -0.2) is 50.5 Å². The second-order valence-electron chi connectivity index (χ2n) is 6.89. The summed E-state index contributed by atoms with van der Waals surface area (Å²) in [5, 5.41) is 5.21. The van der Waals surface area contributed by atoms with Crippen LogP contribution in [0.1, 0.15) is 26.3 Å². The summed E-state index contributed by atoms with van der Waals surface area (Å²) >= 11 is 1.59. The number of carbonyl (C=O) groups is 2. The van der Waals surface area contributed by atoms with Gasteiger partial charge < -0.3 is 20.3 Å². The highest BCUT2D eigenvalue weighted by molar-refractivity contribution is 7.98. The van der Waals surface area contributed by atoms with Crippen LogP contribution in [0.3, 0.4) is 0 Å². The summed E-state index contributed by atoms with van der Waals surface area (Å²) in [5.41, 5.74) is 1.71. The van der Waals surface area contributed by atoms with Crippen molar-refractivity contribution in [1.29, 1.82) is 0 Å². The maximum Gasteiger partial charge on any atom is 0.408 e. The van der Waals surface area contributed by atoms with Crippen LogP contribution in [0.4, 0.5) is 10.5 Å². The molecule has 0 aliphatic rings. The Balaban J connectivity index is 2.55. The molecule has 1 atom stereocenters. The van der Waals surface area contributed by atoms with Gasteiger partial charge in [0.2, 0.25) is 5.91 Å². The standard InChI is InChI=1S/C18H29N3O3S/c1-18(2,3)24-17(23)20-15(16(22)19-4)12-25-11-13-7-9-14(10-8-13)21(5)6/h7-10,15H,11-12H2,1-6H3,(H,19,22)(H,20,23)/t15-/m0/s1. The largest absolute Gasteiger partial charge is 0.444 e. The Morgan fingerprint density at radius 3 is 2.28 bits per heavy atom. The number of carbonyl (C=O) groups excluding carboxylic acids is 2. The summed E-state index contributed by atoms with van der Waals surface area (Å²) in [6.45, 7) is 5.36. The Morgan fingerprint density at radius 1 is 1.20 bits per heavy atom. The molecule has 0 spiro atoms. The summed E-state index contributed by atoms with van der Waals surface area (Å²) < 4.78 is 5.22. The van der Waals surface area contributed by atoms with E-state index in [2.05, 4.69) is 34.9 Å². The number of hydrogen-bond acceptors (Lipinski definition) is 5. The number of alkyl carbamates (subject to hydrolysis) is 1. The molecule has 1 aromatic carbocycles. The lowest BCUT2D eigenvalue weighted by atomic mass is 10.2. The number of ether oxygens (including phenoxy) is 1. The molecule has 0 radical (unpaired) electrons. The van der Waals surface area contributed by atoms with Gasteiger partial charge in [0.1, 0.15) is 11.6 Å². The van der Waals surface area contributed by atoms with E-state index in [1.807, 2.05) is 19.0 Å². The summed E-state index contributed by atoms with van der Waals surface area (Å²) in [6, 6.07) is 7.62. The van der Waals surface area contributed by atoms with Gasteiger partial charge in [-0.3, -0.25) is 4.79 Å². The van der Waals surface area contributed by atoms with Crippen molar-refractivity contribution >= 4 is 29.4 Å². The number of nitrogens with one attached hydrogen (secondary N) is 2. The van der Waals surface area contributed by atoms with Gasteiger partial charge in [0.05, 0.1) is 0 Å². The number of rotatable bonds is 7. The molecule has 0 fully saturated rings. The number of nitrogens with zero attached hydrogens (tertiary/aromatic N) is 1. The van der Waals surface area contributed by atoms with Crippen LogP contribution in [0, 0.1) is 0 Å². The number of hydrogen-bond donors (Lipinski definition) is 2. The topological polar surface area (TPSA) is 70.7 Å². The van der Waals surface area contributed by atoms with Crippen molar-refractivity contribution < 1.29 is 14.3 Å². The fourth-order valence-corrected chi connectivity index (χ4v) is 3.01. The lowest BCUT2D eigenvalue weighted by Gasteiger charge is -2.22. The van der Waals surface area contributed by atoms with Crippen LogP contribution in [0.5, 0.6) is 0 Å². The highest BCUT2D eigenvalue weighted by Crippen LogP contribution is 2.18. The fraction of sp³-hybridized carbons (Fsp3) is 0.556. The van der Waals surface area contributed by atoms with Gasteiger partial charge in [-0.15, -0.1) is 0 Å². The lowest BCUT2D eigenvalue weighted by molar-refractivity contribution is -0.122. The van der Waals surface area contributed by atoms with Crippen molar-refractivity contribution in [2.45, 2.75) is 38.2 Å². The van der Waals surface area contributed by atoms with E-state index < -0.39 is 17.7 Å². The molecule has 0 heterocycles. The Hall–Kier alpha value is -1.89. The molecule has 7 heteroatoms. The Bertz CT molecular complexity index is 568. The first-order chi connectivity index (χ1) is 11.6. The van der Waals surface area contributed by atoms with Gasteiger partial charge >= 0.3 is 6.09 Å². The van der Waals surface area contributed by atoms with E-state index in [0.29, 0.717) is 5.75 Å². The summed E-state index contributed by atoms with van der Waals surface area (Å²) in [6.07, 6.45) is -0.586. The summed E-state index contributed by atoms with van der Waals surface area (Å²) in [5.74, 6) is 0.993. The smallest absolute Gasteiger partial charge is 0.408 e. The Morgan fingerprint density at radius 2 is 1.80 bits per heavy atom. The van der Waals surface area contributed by atoms with Gasteiger partial charge in [-0.2, -0.15) is 11.8 Å². The van der Waals surface area contributed by atoms with Gasteiger partial charge in [-0.25, -0.2) is 4.79 Å². The molecule has 0 bridgehead atoms. The van der Waals surface area contributed by atoms with Gasteiger partial charge in [0.15, 0.2) is 0 Å². The van der Waals surface area contributed by atoms with E-state index in [1.165, 1.54) is 5.56 Å². The van der Waals surface area contributed by atoms with Crippen LogP contribution in [0.25, 0.3) is 0 Å². The third-order valence-electron chi connectivity index (χ3n) is 3.26. The second-order valence-corrected chi connectivity index (χ2v) is 7.92. The monoisotopic (exact) mass is 367 g/mol. The third-order valence-corrected chi connectivity index (χ3v) is 4.37. The molecule has 0 unspecified atom stereocenters. The molecule has 25 heavy (non-hydrogen) atoms. The minimum absolute atomic E-state index is 0.235. The average Bonchev–Trinajstić information content (AvgIpc) is 2.51. The Labute approximate surface area is 154 Å². The normalized spacial score (nSPS) is 12.2. The molecule has 1 aromatic rings. The minimum Gasteiger partial charge on any atom is -0.444 e. The SMILES string of the molecule is CNC(=O)[C@H](CSCc1ccc(N(C)C)cc1)NC(=O)OC(C)(C)C. The van der Waals surface area contributed by atoms with E-state index in [9.17, 15) is 9.59 Å². The zero-order valence-electron chi connectivity index (χ0n) is 15.9. The van der Waals surface area contributed by atoms with E-state index in [-0.39, 0.29) is 5.91 Å². The molecule has 140 valence electrons. The van der Waals surface area contributed by atoms with Gasteiger partial charge in [0.25, 0.3) is 0 Å². The molecule has 1 rings (SSSR count). The highest BCUT2D eigenvalue weighted by atomic mass is 32.2. The Kier molecular flexibility index (Phi) is 8.09. The maximum atomic E-state index is 12.0. The van der Waals surface area contributed by atoms with Crippen LogP contribution in [-0.2, 0) is 15.3 Å². The van der Waals surface area contributed by atoms with Gasteiger partial charge in [-0.1, -0.05) is 12.1 Å². The number of amides is 2. The fourth-order valence-electron chi connectivity index (χ4n) is 1.99. The predicted octanol–water partition coefficient (Wildman–Crippen LogP) is 2.63. The molecular formula is C18H29N3O3S. The zero-order valence-corrected chi connectivity index (χ0v) is 16.7. The second kappa shape index (κ2) is 9.56. The van der Waals surface area contributed by atoms with Crippen LogP contribution >= 0.6 is 11.8 Å². The molecule has 0 saturated heterocycles. The average molecular weight is 368 g/mol. The first kappa shape index (κ1) is 21.2. The number of anilines is 1. The van der Waals surface area contributed by atoms with E-state index in [1.54, 1.807) is 39.6 Å². The van der Waals surface area contributed by atoms with Crippen LogP contribution in [0.2, 0.25) is 0 Å². The molecule has 0 aliphatic carbocycles. The molecule has 0 aliphatic heterocycles. The molecule has 2 N–H and O–H groups in total. The quantitative estimate of drug-likeness (QED) is 0.775. The van der Waals surface area contributed by atoms with E-state index in [0.717, 1.165) is 11.4 Å². The molecule has 6 nitrogen and oxygen atoms in total. The van der Waals surface area contributed by atoms with Crippen LogP contribution < -0.4 is 15.5 Å². The summed E-state index contributed by atoms with van der Waals surface area (Å²) in [4.78, 5) is 25.9. The minimum atomic E-state index is -0.633. The van der Waals surface area contributed by atoms with Crippen molar-refractivity contribution in [2.75, 3.05) is 31.8 Å². The number of likely N-dealkylation sites (N-methyl/N-ethyl adjacent to an activating group) is 1. The zero-order chi connectivity index (χ0) is 19.0. The van der Waals surface area contributed by atoms with Crippen LogP contribution in [0.15, 0.2) is 24.3 Å². The van der Waals surface area contributed by atoms with Crippen molar-refractivity contribution in [3.8, 4) is 0 Å². The van der Waals surface area contributed by atoms with Crippen molar-refractivity contribution in [3.63, 3.8) is 0 Å². The first-order valence-corrected chi connectivity index (χ1v) is 9.33. The van der Waals surface area contributed by atoms with Gasteiger partial charge in [-0.05, 0) is 38.5 Å². The van der Waals surface area contributed by atoms with E-state index >= 15 is 0 Å². The van der Waals surface area contributed by atoms with Gasteiger partial charge in [0, 0.05) is 38.3 Å². The van der Waals surface area contributed by atoms with Crippen molar-refractivity contribution in [1.82, 2.24) is 10.6 Å². The van der Waals surface area contributed by atoms with Crippen molar-refractivity contribution in [2.24, 2.45) is 0 Å². The number of thioether (sulfide) groups is 1. The third kappa shape index (κ3) is 8.16. The van der Waals surface area contributed by atoms with E-state index in [4.69, 9.17) is 4.74 Å². The highest BCUT2D eigenvalue weighted by Gasteiger charge is 2.23. The molecule has 0 saturated carbocycles. The molecule has 0 aromatic heterocycles. The first-order valence-electron chi connectivity index (χ1n) is 8.17.